The Morgan fingerprint density at radius 3 is 2.24 bits per heavy atom. The van der Waals surface area contributed by atoms with Gasteiger partial charge in [-0.25, -0.2) is 8.42 Å². The Bertz CT molecular complexity index is 1190. The fourth-order valence-corrected chi connectivity index (χ4v) is 5.93. The molecule has 9 heteroatoms. The van der Waals surface area contributed by atoms with Crippen LogP contribution in [0, 0.1) is 0 Å². The van der Waals surface area contributed by atoms with E-state index in [1.54, 1.807) is 24.3 Å². The van der Waals surface area contributed by atoms with E-state index in [1.807, 2.05) is 0 Å². The molecule has 0 saturated carbocycles. The third-order valence-corrected chi connectivity index (χ3v) is 8.19. The Hall–Kier alpha value is -2.43. The molecule has 1 unspecified atom stereocenters. The minimum Gasteiger partial charge on any atom is -0.379 e. The molecule has 8 nitrogen and oxygen atoms in total. The van der Waals surface area contributed by atoms with Crippen LogP contribution in [-0.4, -0.2) is 87.8 Å². The molecule has 2 heterocycles. The Kier molecular flexibility index (Phi) is 6.15. The second-order valence-electron chi connectivity index (χ2n) is 8.54. The molecule has 5 rings (SSSR count). The van der Waals surface area contributed by atoms with E-state index in [4.69, 9.17) is 9.47 Å². The second kappa shape index (κ2) is 9.08. The monoisotopic (exact) mass is 470 g/mol. The van der Waals surface area contributed by atoms with E-state index in [0.29, 0.717) is 43.9 Å². The van der Waals surface area contributed by atoms with Crippen LogP contribution >= 0.6 is 0 Å². The van der Waals surface area contributed by atoms with Gasteiger partial charge in [-0.15, -0.1) is 0 Å². The summed E-state index contributed by atoms with van der Waals surface area (Å²) in [6.07, 6.45) is 0.581. The van der Waals surface area contributed by atoms with Gasteiger partial charge in [0, 0.05) is 48.4 Å². The smallest absolute Gasteiger partial charge is 0.243 e. The average molecular weight is 471 g/mol. The van der Waals surface area contributed by atoms with Gasteiger partial charge in [0.25, 0.3) is 0 Å². The Morgan fingerprint density at radius 2 is 1.58 bits per heavy atom. The fourth-order valence-electron chi connectivity index (χ4n) is 4.39. The maximum Gasteiger partial charge on any atom is 0.243 e. The maximum atomic E-state index is 13.5. The van der Waals surface area contributed by atoms with E-state index >= 15 is 0 Å². The number of hydrogen-bond donors (Lipinski definition) is 0. The number of benzene rings is 2. The van der Waals surface area contributed by atoms with Gasteiger partial charge in [0.2, 0.25) is 10.0 Å². The molecule has 3 aliphatic rings. The van der Waals surface area contributed by atoms with Crippen LogP contribution in [0.25, 0.3) is 0 Å². The number of rotatable bonds is 8. The molecule has 0 spiro atoms. The number of hydrogen-bond acceptors (Lipinski definition) is 7. The van der Waals surface area contributed by atoms with E-state index in [1.165, 1.54) is 22.5 Å². The molecule has 2 aromatic carbocycles. The Morgan fingerprint density at radius 1 is 0.939 bits per heavy atom. The molecule has 0 radical (unpaired) electrons. The highest BCUT2D eigenvalue weighted by molar-refractivity contribution is 7.89. The van der Waals surface area contributed by atoms with Crippen molar-refractivity contribution in [3.8, 4) is 0 Å². The molecule has 2 saturated heterocycles. The maximum absolute atomic E-state index is 13.5. The van der Waals surface area contributed by atoms with Crippen LogP contribution in [0.2, 0.25) is 0 Å². The van der Waals surface area contributed by atoms with E-state index in [-0.39, 0.29) is 40.2 Å². The van der Waals surface area contributed by atoms with E-state index in [2.05, 4.69) is 4.90 Å². The van der Waals surface area contributed by atoms with Gasteiger partial charge in [0.05, 0.1) is 30.8 Å². The first-order chi connectivity index (χ1) is 15.9. The standard InChI is InChI=1S/C24H26N2O6S/c27-23-19-4-1-2-5-20(19)24(28)22-14-18(6-7-21(22)23)33(29,30)26(15-17-16-32-17)9-3-8-25-10-12-31-13-11-25/h1-2,4-7,14,17H,3,8-13,15-16H2. The summed E-state index contributed by atoms with van der Waals surface area (Å²) in [6.45, 7) is 5.05. The van der Waals surface area contributed by atoms with Gasteiger partial charge in [0.15, 0.2) is 11.6 Å². The van der Waals surface area contributed by atoms with Crippen LogP contribution in [0.15, 0.2) is 47.4 Å². The van der Waals surface area contributed by atoms with Crippen LogP contribution in [0.4, 0.5) is 0 Å². The minimum atomic E-state index is -3.86. The van der Waals surface area contributed by atoms with Crippen molar-refractivity contribution in [1.82, 2.24) is 9.21 Å². The highest BCUT2D eigenvalue weighted by Crippen LogP contribution is 2.30. The van der Waals surface area contributed by atoms with Gasteiger partial charge in [0.1, 0.15) is 0 Å². The van der Waals surface area contributed by atoms with Gasteiger partial charge in [-0.05, 0) is 31.2 Å². The third-order valence-electron chi connectivity index (χ3n) is 6.33. The number of carbonyl (C=O) groups is 2. The number of nitrogens with zero attached hydrogens (tertiary/aromatic N) is 2. The molecule has 2 aromatic rings. The van der Waals surface area contributed by atoms with Crippen molar-refractivity contribution in [3.63, 3.8) is 0 Å². The van der Waals surface area contributed by atoms with E-state index in [9.17, 15) is 18.0 Å². The SMILES string of the molecule is O=C1c2ccccc2C(=O)c2cc(S(=O)(=O)N(CCCN3CCOCC3)CC3CO3)ccc21. The predicted molar refractivity (Wildman–Crippen MR) is 120 cm³/mol. The molecule has 2 aliphatic heterocycles. The number of ketones is 2. The van der Waals surface area contributed by atoms with Crippen LogP contribution in [0.3, 0.4) is 0 Å². The zero-order chi connectivity index (χ0) is 23.0. The van der Waals surface area contributed by atoms with Gasteiger partial charge in [-0.2, -0.15) is 4.31 Å². The van der Waals surface area contributed by atoms with Crippen molar-refractivity contribution >= 4 is 21.6 Å². The summed E-state index contributed by atoms with van der Waals surface area (Å²) < 4.78 is 39.2. The number of fused-ring (bicyclic) bond motifs is 2. The van der Waals surface area contributed by atoms with E-state index in [0.717, 1.165) is 19.6 Å². The van der Waals surface area contributed by atoms with Crippen molar-refractivity contribution in [2.45, 2.75) is 17.4 Å². The highest BCUT2D eigenvalue weighted by atomic mass is 32.2. The first kappa shape index (κ1) is 22.4. The summed E-state index contributed by atoms with van der Waals surface area (Å²) in [5, 5.41) is 0. The predicted octanol–water partition coefficient (Wildman–Crippen LogP) is 1.57. The lowest BCUT2D eigenvalue weighted by atomic mass is 9.84. The lowest BCUT2D eigenvalue weighted by Gasteiger charge is -2.28. The summed E-state index contributed by atoms with van der Waals surface area (Å²) in [6, 6.07) is 10.9. The second-order valence-corrected chi connectivity index (χ2v) is 10.5. The molecule has 33 heavy (non-hydrogen) atoms. The van der Waals surface area contributed by atoms with Crippen molar-refractivity contribution in [2.75, 3.05) is 52.5 Å². The zero-order valence-electron chi connectivity index (χ0n) is 18.2. The van der Waals surface area contributed by atoms with Crippen molar-refractivity contribution < 1.29 is 27.5 Å². The quantitative estimate of drug-likeness (QED) is 0.461. The lowest BCUT2D eigenvalue weighted by molar-refractivity contribution is 0.0368. The molecule has 0 N–H and O–H groups in total. The van der Waals surface area contributed by atoms with Crippen molar-refractivity contribution in [3.05, 3.63) is 64.7 Å². The molecule has 0 aromatic heterocycles. The number of carbonyl (C=O) groups excluding carboxylic acids is 2. The van der Waals surface area contributed by atoms with Crippen LogP contribution < -0.4 is 0 Å². The zero-order valence-corrected chi connectivity index (χ0v) is 19.1. The molecule has 0 bridgehead atoms. The first-order valence-electron chi connectivity index (χ1n) is 11.2. The van der Waals surface area contributed by atoms with Gasteiger partial charge >= 0.3 is 0 Å². The van der Waals surface area contributed by atoms with Crippen LogP contribution in [0.5, 0.6) is 0 Å². The lowest BCUT2D eigenvalue weighted by Crippen LogP contribution is -2.40. The summed E-state index contributed by atoms with van der Waals surface area (Å²) >= 11 is 0. The van der Waals surface area contributed by atoms with Gasteiger partial charge < -0.3 is 9.47 Å². The Labute approximate surface area is 193 Å². The number of morpholine rings is 1. The minimum absolute atomic E-state index is 0.0220. The number of sulfonamides is 1. The summed E-state index contributed by atoms with van der Waals surface area (Å²) in [5.41, 5.74) is 1.03. The molecule has 174 valence electrons. The van der Waals surface area contributed by atoms with E-state index < -0.39 is 10.0 Å². The summed E-state index contributed by atoms with van der Waals surface area (Å²) in [4.78, 5) is 28.2. The van der Waals surface area contributed by atoms with Crippen LogP contribution in [-0.2, 0) is 19.5 Å². The largest absolute Gasteiger partial charge is 0.379 e. The summed E-state index contributed by atoms with van der Waals surface area (Å²) in [5.74, 6) is -0.598. The number of epoxide rings is 1. The van der Waals surface area contributed by atoms with Crippen molar-refractivity contribution in [1.29, 1.82) is 0 Å². The molecular weight excluding hydrogens is 444 g/mol. The van der Waals surface area contributed by atoms with Gasteiger partial charge in [-0.3, -0.25) is 14.5 Å². The third kappa shape index (κ3) is 4.51. The molecule has 1 atom stereocenters. The normalized spacial score (nSPS) is 20.6. The van der Waals surface area contributed by atoms with Gasteiger partial charge in [-0.1, -0.05) is 24.3 Å². The molecular formula is C24H26N2O6S. The fraction of sp³-hybridized carbons (Fsp3) is 0.417. The topological polar surface area (TPSA) is 96.5 Å². The van der Waals surface area contributed by atoms with Crippen LogP contribution in [0.1, 0.15) is 38.3 Å². The average Bonchev–Trinajstić information content (AvgIpc) is 3.66. The number of ether oxygens (including phenoxy) is 2. The summed E-state index contributed by atoms with van der Waals surface area (Å²) in [7, 11) is -3.86. The molecule has 1 aliphatic carbocycles. The molecule has 2 fully saturated rings. The first-order valence-corrected chi connectivity index (χ1v) is 12.6. The molecule has 0 amide bonds. The highest BCUT2D eigenvalue weighted by Gasteiger charge is 2.35. The van der Waals surface area contributed by atoms with Crippen molar-refractivity contribution in [2.24, 2.45) is 0 Å². The Balaban J connectivity index is 1.39.